The zero-order chi connectivity index (χ0) is 15.5. The van der Waals surface area contributed by atoms with E-state index in [0.29, 0.717) is 29.3 Å². The van der Waals surface area contributed by atoms with E-state index in [4.69, 9.17) is 11.6 Å². The van der Waals surface area contributed by atoms with Crippen LogP contribution in [0.5, 0.6) is 0 Å². The smallest absolute Gasteiger partial charge is 0.311 e. The van der Waals surface area contributed by atoms with Crippen molar-refractivity contribution in [3.63, 3.8) is 0 Å². The Kier molecular flexibility index (Phi) is 4.57. The van der Waals surface area contributed by atoms with E-state index in [2.05, 4.69) is 15.5 Å². The van der Waals surface area contributed by atoms with Crippen LogP contribution in [0.2, 0.25) is 5.02 Å². The average Bonchev–Trinajstić information content (AvgIpc) is 2.92. The van der Waals surface area contributed by atoms with Crippen LogP contribution in [0.3, 0.4) is 0 Å². The Labute approximate surface area is 127 Å². The summed E-state index contributed by atoms with van der Waals surface area (Å²) in [6, 6.07) is 7.22. The molecule has 2 rings (SSSR count). The quantitative estimate of drug-likeness (QED) is 0.887. The molecule has 0 saturated heterocycles. The number of aliphatic carboxylic acids is 1. The van der Waals surface area contributed by atoms with Crippen LogP contribution in [0.25, 0.3) is 11.4 Å². The van der Waals surface area contributed by atoms with Crippen LogP contribution in [0.4, 0.5) is 0 Å². The van der Waals surface area contributed by atoms with E-state index in [1.54, 1.807) is 6.07 Å². The number of tetrazole rings is 1. The van der Waals surface area contributed by atoms with E-state index in [1.807, 2.05) is 32.0 Å². The van der Waals surface area contributed by atoms with Gasteiger partial charge >= 0.3 is 5.97 Å². The molecule has 7 heteroatoms. The molecule has 1 aromatic carbocycles. The molecule has 0 unspecified atom stereocenters. The van der Waals surface area contributed by atoms with Gasteiger partial charge in [0.15, 0.2) is 5.82 Å². The van der Waals surface area contributed by atoms with Crippen LogP contribution >= 0.6 is 11.6 Å². The maximum Gasteiger partial charge on any atom is 0.311 e. The highest BCUT2D eigenvalue weighted by Gasteiger charge is 2.36. The summed E-state index contributed by atoms with van der Waals surface area (Å²) in [6.07, 6.45) is 1.00. The number of hydrogen-bond acceptors (Lipinski definition) is 4. The highest BCUT2D eigenvalue weighted by molar-refractivity contribution is 6.33. The number of halogens is 1. The van der Waals surface area contributed by atoms with E-state index < -0.39 is 11.4 Å². The third kappa shape index (κ3) is 2.90. The molecule has 21 heavy (non-hydrogen) atoms. The number of carboxylic acids is 1. The van der Waals surface area contributed by atoms with Crippen molar-refractivity contribution in [1.82, 2.24) is 20.2 Å². The number of benzene rings is 1. The fraction of sp³-hybridized carbons (Fsp3) is 0.429. The van der Waals surface area contributed by atoms with Gasteiger partial charge in [-0.25, -0.2) is 4.68 Å². The summed E-state index contributed by atoms with van der Waals surface area (Å²) < 4.78 is 1.52. The zero-order valence-electron chi connectivity index (χ0n) is 12.0. The standard InChI is InChI=1S/C14H17ClN4O2/c1-3-14(4-2,13(20)21)9-19-12(16-17-18-19)10-7-5-6-8-11(10)15/h5-8H,3-4,9H2,1-2H3,(H,20,21). The van der Waals surface area contributed by atoms with E-state index in [9.17, 15) is 9.90 Å². The fourth-order valence-electron chi connectivity index (χ4n) is 2.28. The summed E-state index contributed by atoms with van der Waals surface area (Å²) in [7, 11) is 0. The maximum atomic E-state index is 11.6. The van der Waals surface area contributed by atoms with Gasteiger partial charge in [0.25, 0.3) is 0 Å². The number of carbonyl (C=O) groups is 1. The zero-order valence-corrected chi connectivity index (χ0v) is 12.7. The molecule has 0 radical (unpaired) electrons. The van der Waals surface area contributed by atoms with Crippen molar-refractivity contribution in [2.75, 3.05) is 0 Å². The third-order valence-corrected chi connectivity index (χ3v) is 4.24. The molecule has 0 saturated carbocycles. The first kappa shape index (κ1) is 15.4. The normalized spacial score (nSPS) is 11.6. The molecule has 0 atom stereocenters. The van der Waals surface area contributed by atoms with Gasteiger partial charge < -0.3 is 5.11 Å². The number of nitrogens with zero attached hydrogens (tertiary/aromatic N) is 4. The molecule has 0 aliphatic heterocycles. The van der Waals surface area contributed by atoms with Gasteiger partial charge in [0.05, 0.1) is 17.0 Å². The monoisotopic (exact) mass is 308 g/mol. The molecule has 6 nitrogen and oxygen atoms in total. The Morgan fingerprint density at radius 3 is 2.57 bits per heavy atom. The fourth-order valence-corrected chi connectivity index (χ4v) is 2.50. The van der Waals surface area contributed by atoms with E-state index in [1.165, 1.54) is 4.68 Å². The highest BCUT2D eigenvalue weighted by Crippen LogP contribution is 2.31. The van der Waals surface area contributed by atoms with Crippen LogP contribution < -0.4 is 0 Å². The predicted octanol–water partition coefficient (Wildman–Crippen LogP) is 2.88. The lowest BCUT2D eigenvalue weighted by Crippen LogP contribution is -2.35. The summed E-state index contributed by atoms with van der Waals surface area (Å²) in [4.78, 5) is 11.6. The van der Waals surface area contributed by atoms with Crippen molar-refractivity contribution in [3.8, 4) is 11.4 Å². The van der Waals surface area contributed by atoms with Crippen molar-refractivity contribution in [1.29, 1.82) is 0 Å². The number of carboxylic acid groups (broad SMARTS) is 1. The van der Waals surface area contributed by atoms with Gasteiger partial charge in [0, 0.05) is 5.56 Å². The van der Waals surface area contributed by atoms with Crippen molar-refractivity contribution in [2.24, 2.45) is 5.41 Å². The lowest BCUT2D eigenvalue weighted by Gasteiger charge is -2.26. The molecule has 1 heterocycles. The van der Waals surface area contributed by atoms with Gasteiger partial charge in [0.1, 0.15) is 0 Å². The SMILES string of the molecule is CCC(CC)(Cn1nnnc1-c1ccccc1Cl)C(=O)O. The van der Waals surface area contributed by atoms with Crippen LogP contribution in [-0.4, -0.2) is 31.3 Å². The summed E-state index contributed by atoms with van der Waals surface area (Å²) in [5.74, 6) is -0.360. The minimum Gasteiger partial charge on any atom is -0.481 e. The lowest BCUT2D eigenvalue weighted by molar-refractivity contribution is -0.150. The first-order chi connectivity index (χ1) is 10.0. The molecule has 0 aliphatic rings. The molecule has 0 amide bonds. The van der Waals surface area contributed by atoms with Crippen molar-refractivity contribution in [3.05, 3.63) is 29.3 Å². The molecule has 1 N–H and O–H groups in total. The van der Waals surface area contributed by atoms with Crippen molar-refractivity contribution < 1.29 is 9.90 Å². The largest absolute Gasteiger partial charge is 0.481 e. The minimum absolute atomic E-state index is 0.211. The summed E-state index contributed by atoms with van der Waals surface area (Å²) in [5.41, 5.74) is -0.193. The van der Waals surface area contributed by atoms with Gasteiger partial charge in [-0.05, 0) is 35.4 Å². The molecule has 112 valence electrons. The Morgan fingerprint density at radius 1 is 1.33 bits per heavy atom. The van der Waals surface area contributed by atoms with Crippen molar-refractivity contribution in [2.45, 2.75) is 33.2 Å². The van der Waals surface area contributed by atoms with Gasteiger partial charge in [-0.15, -0.1) is 5.10 Å². The second kappa shape index (κ2) is 6.22. The molecule has 0 fully saturated rings. The predicted molar refractivity (Wildman–Crippen MR) is 78.9 cm³/mol. The van der Waals surface area contributed by atoms with Crippen LogP contribution in [0.1, 0.15) is 26.7 Å². The molecule has 0 aliphatic carbocycles. The van der Waals surface area contributed by atoms with Gasteiger partial charge in [-0.3, -0.25) is 4.79 Å². The van der Waals surface area contributed by atoms with Gasteiger partial charge in [-0.1, -0.05) is 37.6 Å². The summed E-state index contributed by atoms with van der Waals surface area (Å²) >= 11 is 6.16. The molecule has 2 aromatic rings. The van der Waals surface area contributed by atoms with Crippen LogP contribution in [0.15, 0.2) is 24.3 Å². The summed E-state index contributed by atoms with van der Waals surface area (Å²) in [5, 5.41) is 21.6. The number of hydrogen-bond donors (Lipinski definition) is 1. The Balaban J connectivity index is 2.42. The average molecular weight is 309 g/mol. The first-order valence-corrected chi connectivity index (χ1v) is 7.16. The maximum absolute atomic E-state index is 11.6. The number of rotatable bonds is 6. The summed E-state index contributed by atoms with van der Waals surface area (Å²) in [6.45, 7) is 3.93. The highest BCUT2D eigenvalue weighted by atomic mass is 35.5. The van der Waals surface area contributed by atoms with Crippen LogP contribution in [-0.2, 0) is 11.3 Å². The van der Waals surface area contributed by atoms with Crippen molar-refractivity contribution >= 4 is 17.6 Å². The van der Waals surface area contributed by atoms with E-state index in [0.717, 1.165) is 0 Å². The first-order valence-electron chi connectivity index (χ1n) is 6.78. The van der Waals surface area contributed by atoms with E-state index in [-0.39, 0.29) is 6.54 Å². The van der Waals surface area contributed by atoms with Crippen LogP contribution in [0, 0.1) is 5.41 Å². The molecular weight excluding hydrogens is 292 g/mol. The molecule has 0 bridgehead atoms. The van der Waals surface area contributed by atoms with Gasteiger partial charge in [-0.2, -0.15) is 0 Å². The molecule has 1 aromatic heterocycles. The minimum atomic E-state index is -0.884. The van der Waals surface area contributed by atoms with Gasteiger partial charge in [0.2, 0.25) is 0 Å². The Morgan fingerprint density at radius 2 is 2.00 bits per heavy atom. The third-order valence-electron chi connectivity index (χ3n) is 3.91. The number of aromatic nitrogens is 4. The second-order valence-electron chi connectivity index (χ2n) is 4.93. The Bertz CT molecular complexity index is 637. The Hall–Kier alpha value is -1.95. The topological polar surface area (TPSA) is 80.9 Å². The molecule has 0 spiro atoms. The molecular formula is C14H17ClN4O2. The van der Waals surface area contributed by atoms with E-state index >= 15 is 0 Å². The lowest BCUT2D eigenvalue weighted by atomic mass is 9.82. The second-order valence-corrected chi connectivity index (χ2v) is 5.34.